The third-order valence-electron chi connectivity index (χ3n) is 6.26. The number of carbonyl (C=O) groups is 3. The minimum atomic E-state index is -1.25. The van der Waals surface area contributed by atoms with Gasteiger partial charge in [0, 0.05) is 12.5 Å². The molecule has 1 aliphatic carbocycles. The van der Waals surface area contributed by atoms with E-state index in [1.807, 2.05) is 36.4 Å². The fourth-order valence-electron chi connectivity index (χ4n) is 4.63. The number of hydrogen-bond acceptors (Lipinski definition) is 7. The summed E-state index contributed by atoms with van der Waals surface area (Å²) in [6.07, 6.45) is -0.140. The molecule has 2 atom stereocenters. The van der Waals surface area contributed by atoms with Gasteiger partial charge >= 0.3 is 12.1 Å². The van der Waals surface area contributed by atoms with Gasteiger partial charge in [-0.1, -0.05) is 48.5 Å². The molecule has 0 bridgehead atoms. The predicted octanol–water partition coefficient (Wildman–Crippen LogP) is 2.69. The largest absolute Gasteiger partial charge is 0.476 e. The molecule has 5 rings (SSSR count). The maximum Gasteiger partial charge on any atom is 0.407 e. The highest BCUT2D eigenvalue weighted by molar-refractivity contribution is 5.87. The van der Waals surface area contributed by atoms with E-state index in [1.54, 1.807) is 0 Å². The number of oxazole rings is 1. The molecule has 2 amide bonds. The summed E-state index contributed by atoms with van der Waals surface area (Å²) in [4.78, 5) is 40.0. The monoisotopic (exact) mass is 477 g/mol. The minimum Gasteiger partial charge on any atom is -0.476 e. The molecule has 1 aliphatic heterocycles. The lowest BCUT2D eigenvalue weighted by Gasteiger charge is -2.20. The van der Waals surface area contributed by atoms with Crippen LogP contribution in [-0.2, 0) is 20.8 Å². The third-order valence-corrected chi connectivity index (χ3v) is 6.26. The second-order valence-electron chi connectivity index (χ2n) is 8.30. The van der Waals surface area contributed by atoms with Crippen molar-refractivity contribution in [2.24, 2.45) is 0 Å². The normalized spacial score (nSPS) is 18.5. The Labute approximate surface area is 200 Å². The highest BCUT2D eigenvalue weighted by atomic mass is 16.6. The van der Waals surface area contributed by atoms with Gasteiger partial charge in [-0.05, 0) is 28.7 Å². The van der Waals surface area contributed by atoms with Crippen molar-refractivity contribution in [3.8, 4) is 11.1 Å². The maximum atomic E-state index is 12.6. The molecule has 3 N–H and O–H groups in total. The second kappa shape index (κ2) is 9.59. The van der Waals surface area contributed by atoms with Crippen molar-refractivity contribution in [3.63, 3.8) is 0 Å². The number of fused-ring (bicyclic) bond motifs is 3. The quantitative estimate of drug-likeness (QED) is 0.472. The summed E-state index contributed by atoms with van der Waals surface area (Å²) in [6, 6.07) is 15.5. The van der Waals surface area contributed by atoms with Gasteiger partial charge in [0.05, 0.1) is 12.6 Å². The number of carbonyl (C=O) groups excluding carboxylic acids is 2. The summed E-state index contributed by atoms with van der Waals surface area (Å²) in [5.41, 5.74) is 4.21. The van der Waals surface area contributed by atoms with Crippen LogP contribution in [0.3, 0.4) is 0 Å². The van der Waals surface area contributed by atoms with Crippen molar-refractivity contribution in [3.05, 3.63) is 77.5 Å². The van der Waals surface area contributed by atoms with Gasteiger partial charge in [-0.25, -0.2) is 14.6 Å². The van der Waals surface area contributed by atoms with Crippen molar-refractivity contribution >= 4 is 18.0 Å². The van der Waals surface area contributed by atoms with Gasteiger partial charge in [0.15, 0.2) is 24.0 Å². The fourth-order valence-corrected chi connectivity index (χ4v) is 4.63. The molecule has 2 heterocycles. The van der Waals surface area contributed by atoms with E-state index < -0.39 is 30.1 Å². The zero-order valence-electron chi connectivity index (χ0n) is 18.6. The molecule has 10 heteroatoms. The molecule has 1 aromatic heterocycles. The van der Waals surface area contributed by atoms with Crippen LogP contribution in [-0.4, -0.2) is 53.4 Å². The maximum absolute atomic E-state index is 12.6. The number of rotatable bonds is 7. The van der Waals surface area contributed by atoms with Crippen LogP contribution in [0.4, 0.5) is 4.79 Å². The lowest BCUT2D eigenvalue weighted by Crippen LogP contribution is -2.48. The van der Waals surface area contributed by atoms with Crippen LogP contribution in [0.5, 0.6) is 0 Å². The van der Waals surface area contributed by atoms with Crippen LogP contribution in [0, 0.1) is 0 Å². The molecule has 0 unspecified atom stereocenters. The number of nitrogens with zero attached hydrogens (tertiary/aromatic N) is 1. The molecule has 3 aromatic rings. The first-order chi connectivity index (χ1) is 17.0. The van der Waals surface area contributed by atoms with Gasteiger partial charge in [-0.15, -0.1) is 0 Å². The smallest absolute Gasteiger partial charge is 0.407 e. The van der Waals surface area contributed by atoms with E-state index in [1.165, 1.54) is 0 Å². The number of aromatic nitrogens is 1. The van der Waals surface area contributed by atoms with E-state index in [9.17, 15) is 14.4 Å². The Morgan fingerprint density at radius 2 is 1.74 bits per heavy atom. The Bertz CT molecular complexity index is 1230. The fraction of sp³-hybridized carbons (Fsp3) is 0.280. The molecular weight excluding hydrogens is 454 g/mol. The van der Waals surface area contributed by atoms with Crippen molar-refractivity contribution in [1.29, 1.82) is 0 Å². The van der Waals surface area contributed by atoms with Gasteiger partial charge in [-0.2, -0.15) is 0 Å². The van der Waals surface area contributed by atoms with Crippen LogP contribution in [0.1, 0.15) is 39.7 Å². The Morgan fingerprint density at radius 1 is 1.06 bits per heavy atom. The molecule has 1 fully saturated rings. The molecule has 0 radical (unpaired) electrons. The minimum absolute atomic E-state index is 0.0184. The highest BCUT2D eigenvalue weighted by Gasteiger charge is 2.36. The Balaban J connectivity index is 1.17. The highest BCUT2D eigenvalue weighted by Crippen LogP contribution is 2.44. The summed E-state index contributed by atoms with van der Waals surface area (Å²) >= 11 is 0. The average Bonchev–Trinajstić information content (AvgIpc) is 3.59. The number of amides is 2. The topological polar surface area (TPSA) is 140 Å². The molecule has 0 saturated carbocycles. The first kappa shape index (κ1) is 22.6. The van der Waals surface area contributed by atoms with Gasteiger partial charge in [0.1, 0.15) is 6.61 Å². The van der Waals surface area contributed by atoms with Crippen molar-refractivity contribution in [2.45, 2.75) is 31.0 Å². The van der Waals surface area contributed by atoms with Gasteiger partial charge in [0.25, 0.3) is 5.91 Å². The van der Waals surface area contributed by atoms with Crippen LogP contribution >= 0.6 is 0 Å². The lowest BCUT2D eigenvalue weighted by atomic mass is 9.98. The molecule has 10 nitrogen and oxygen atoms in total. The van der Waals surface area contributed by atoms with Crippen LogP contribution in [0.2, 0.25) is 0 Å². The van der Waals surface area contributed by atoms with E-state index in [4.69, 9.17) is 19.0 Å². The van der Waals surface area contributed by atoms with Gasteiger partial charge in [0.2, 0.25) is 0 Å². The lowest BCUT2D eigenvalue weighted by molar-refractivity contribution is -0.131. The molecule has 35 heavy (non-hydrogen) atoms. The molecule has 0 spiro atoms. The zero-order valence-corrected chi connectivity index (χ0v) is 18.6. The second-order valence-corrected chi connectivity index (χ2v) is 8.30. The van der Waals surface area contributed by atoms with E-state index in [0.29, 0.717) is 6.42 Å². The molecular formula is C25H23N3O7. The number of carboxylic acid groups (broad SMARTS) is 1. The zero-order chi connectivity index (χ0) is 24.4. The number of ether oxygens (including phenoxy) is 2. The standard InChI is InChI=1S/C25H23N3O7/c29-23(26-11-20-21(24(30)31)27-13-35-20)22-19(9-10-33-22)28-25(32)34-12-18-16-7-3-1-5-14(16)15-6-2-4-8-17(15)18/h1-8,13,18-19,22H,9-12H2,(H,26,29)(H,28,32)(H,30,31)/t19-,22+/m1/s1. The van der Waals surface area contributed by atoms with E-state index in [0.717, 1.165) is 28.6 Å². The summed E-state index contributed by atoms with van der Waals surface area (Å²) in [7, 11) is 0. The molecule has 2 aromatic carbocycles. The molecule has 2 aliphatic rings. The van der Waals surface area contributed by atoms with E-state index in [-0.39, 0.29) is 37.1 Å². The summed E-state index contributed by atoms with van der Waals surface area (Å²) in [5.74, 6) is -1.81. The van der Waals surface area contributed by atoms with Gasteiger partial charge < -0.3 is 29.6 Å². The third kappa shape index (κ3) is 4.47. The number of benzene rings is 2. The van der Waals surface area contributed by atoms with Crippen LogP contribution in [0.25, 0.3) is 11.1 Å². The summed E-state index contributed by atoms with van der Waals surface area (Å²) in [6.45, 7) is 0.279. The Kier molecular flexibility index (Phi) is 6.19. The number of nitrogens with one attached hydrogen (secondary N) is 2. The number of aromatic carboxylic acids is 1. The number of carboxylic acids is 1. The number of hydrogen-bond donors (Lipinski definition) is 3. The Morgan fingerprint density at radius 3 is 2.43 bits per heavy atom. The molecule has 1 saturated heterocycles. The van der Waals surface area contributed by atoms with E-state index in [2.05, 4.69) is 27.8 Å². The van der Waals surface area contributed by atoms with Crippen molar-refractivity contribution < 1.29 is 33.4 Å². The number of alkyl carbamates (subject to hydrolysis) is 1. The molecule has 180 valence electrons. The average molecular weight is 477 g/mol. The van der Waals surface area contributed by atoms with Crippen molar-refractivity contribution in [2.75, 3.05) is 13.2 Å². The summed E-state index contributed by atoms with van der Waals surface area (Å²) < 4.78 is 16.1. The SMILES string of the molecule is O=C(N[C@@H]1CCO[C@@H]1C(=O)NCc1ocnc1C(=O)O)OCC1c2ccccc2-c2ccccc21. The van der Waals surface area contributed by atoms with Gasteiger partial charge in [-0.3, -0.25) is 4.79 Å². The van der Waals surface area contributed by atoms with Crippen LogP contribution in [0.15, 0.2) is 59.3 Å². The van der Waals surface area contributed by atoms with E-state index >= 15 is 0 Å². The predicted molar refractivity (Wildman–Crippen MR) is 122 cm³/mol. The van der Waals surface area contributed by atoms with Crippen LogP contribution < -0.4 is 10.6 Å². The summed E-state index contributed by atoms with van der Waals surface area (Å²) in [5, 5.41) is 14.4. The first-order valence-electron chi connectivity index (χ1n) is 11.2. The Hall–Kier alpha value is -4.18. The first-order valence-corrected chi connectivity index (χ1v) is 11.2. The van der Waals surface area contributed by atoms with Crippen molar-refractivity contribution in [1.82, 2.24) is 15.6 Å².